The van der Waals surface area contributed by atoms with Crippen molar-refractivity contribution < 1.29 is 9.90 Å². The zero-order valence-corrected chi connectivity index (χ0v) is 13.9. The van der Waals surface area contributed by atoms with E-state index in [1.54, 1.807) is 18.9 Å². The third kappa shape index (κ3) is 5.13. The summed E-state index contributed by atoms with van der Waals surface area (Å²) in [6, 6.07) is 7.76. The lowest BCUT2D eigenvalue weighted by atomic mass is 10.1. The zero-order chi connectivity index (χ0) is 15.1. The fourth-order valence-electron chi connectivity index (χ4n) is 1.90. The molecule has 0 bridgehead atoms. The molecule has 1 aromatic carbocycles. The van der Waals surface area contributed by atoms with Gasteiger partial charge < -0.3 is 15.3 Å². The lowest BCUT2D eigenvalue weighted by molar-refractivity contribution is 0.162. The van der Waals surface area contributed by atoms with Gasteiger partial charge in [-0.25, -0.2) is 4.79 Å². The summed E-state index contributed by atoms with van der Waals surface area (Å²) >= 11 is 3.52. The molecule has 0 saturated heterocycles. The van der Waals surface area contributed by atoms with Crippen LogP contribution in [-0.2, 0) is 0 Å². The van der Waals surface area contributed by atoms with E-state index < -0.39 is 6.10 Å². The van der Waals surface area contributed by atoms with Crippen LogP contribution in [0.15, 0.2) is 28.7 Å². The number of hydrogen-bond acceptors (Lipinski definition) is 2. The maximum Gasteiger partial charge on any atom is 0.317 e. The standard InChI is InChI=1S/C15H23BrN2O2/c1-4-14(12-7-5-6-8-13(12)16)17-15(20)18(3)10-9-11(2)19/h5-8,11,14,19H,4,9-10H2,1-3H3,(H,17,20). The molecule has 0 spiro atoms. The molecule has 0 aromatic heterocycles. The molecule has 2 unspecified atom stereocenters. The van der Waals surface area contributed by atoms with Gasteiger partial charge in [0.15, 0.2) is 0 Å². The summed E-state index contributed by atoms with van der Waals surface area (Å²) in [6.45, 7) is 4.30. The van der Waals surface area contributed by atoms with Gasteiger partial charge in [-0.05, 0) is 31.4 Å². The van der Waals surface area contributed by atoms with Crippen molar-refractivity contribution in [3.8, 4) is 0 Å². The summed E-state index contributed by atoms with van der Waals surface area (Å²) in [6.07, 6.45) is 1.00. The average Bonchev–Trinajstić information content (AvgIpc) is 2.42. The van der Waals surface area contributed by atoms with Gasteiger partial charge in [-0.2, -0.15) is 0 Å². The van der Waals surface area contributed by atoms with Crippen LogP contribution in [0.3, 0.4) is 0 Å². The Balaban J connectivity index is 2.64. The smallest absolute Gasteiger partial charge is 0.317 e. The van der Waals surface area contributed by atoms with Crippen LogP contribution in [-0.4, -0.2) is 35.7 Å². The maximum absolute atomic E-state index is 12.1. The number of hydrogen-bond donors (Lipinski definition) is 2. The lowest BCUT2D eigenvalue weighted by Crippen LogP contribution is -2.40. The molecule has 2 N–H and O–H groups in total. The number of aliphatic hydroxyl groups excluding tert-OH is 1. The Morgan fingerprint density at radius 3 is 2.65 bits per heavy atom. The van der Waals surface area contributed by atoms with Crippen molar-refractivity contribution >= 4 is 22.0 Å². The highest BCUT2D eigenvalue weighted by Gasteiger charge is 2.17. The molecule has 0 aliphatic rings. The molecular weight excluding hydrogens is 320 g/mol. The third-order valence-electron chi connectivity index (χ3n) is 3.22. The first-order valence-corrected chi connectivity index (χ1v) is 7.69. The molecule has 4 nitrogen and oxygen atoms in total. The Morgan fingerprint density at radius 1 is 1.45 bits per heavy atom. The SMILES string of the molecule is CCC(NC(=O)N(C)CCC(C)O)c1ccccc1Br. The second-order valence-electron chi connectivity index (χ2n) is 4.99. The van der Waals surface area contributed by atoms with Gasteiger partial charge in [0.05, 0.1) is 12.1 Å². The van der Waals surface area contributed by atoms with Gasteiger partial charge in [0.25, 0.3) is 0 Å². The fourth-order valence-corrected chi connectivity index (χ4v) is 2.46. The molecule has 0 radical (unpaired) electrons. The van der Waals surface area contributed by atoms with Crippen molar-refractivity contribution in [2.75, 3.05) is 13.6 Å². The van der Waals surface area contributed by atoms with Gasteiger partial charge in [0.1, 0.15) is 0 Å². The highest BCUT2D eigenvalue weighted by Crippen LogP contribution is 2.25. The first-order valence-electron chi connectivity index (χ1n) is 6.89. The molecule has 0 aliphatic carbocycles. The number of rotatable bonds is 6. The number of nitrogens with one attached hydrogen (secondary N) is 1. The zero-order valence-electron chi connectivity index (χ0n) is 12.3. The second kappa shape index (κ2) is 8.27. The van der Waals surface area contributed by atoms with Crippen LogP contribution in [0.2, 0.25) is 0 Å². The molecule has 0 aliphatic heterocycles. The number of aliphatic hydroxyl groups is 1. The Labute approximate surface area is 129 Å². The monoisotopic (exact) mass is 342 g/mol. The van der Waals surface area contributed by atoms with Gasteiger partial charge in [-0.15, -0.1) is 0 Å². The molecule has 0 saturated carbocycles. The van der Waals surface area contributed by atoms with Gasteiger partial charge in [-0.3, -0.25) is 0 Å². The Bertz CT molecular complexity index is 438. The van der Waals surface area contributed by atoms with Crippen LogP contribution in [0.1, 0.15) is 38.3 Å². The number of nitrogens with zero attached hydrogens (tertiary/aromatic N) is 1. The molecule has 2 amide bonds. The maximum atomic E-state index is 12.1. The van der Waals surface area contributed by atoms with Gasteiger partial charge in [0, 0.05) is 18.1 Å². The van der Waals surface area contributed by atoms with Crippen LogP contribution in [0.5, 0.6) is 0 Å². The summed E-state index contributed by atoms with van der Waals surface area (Å²) in [7, 11) is 1.74. The Hall–Kier alpha value is -1.07. The van der Waals surface area contributed by atoms with E-state index in [-0.39, 0.29) is 12.1 Å². The minimum absolute atomic E-state index is 0.0212. The summed E-state index contributed by atoms with van der Waals surface area (Å²) < 4.78 is 0.999. The minimum atomic E-state index is -0.393. The van der Waals surface area contributed by atoms with E-state index in [1.165, 1.54) is 0 Å². The highest BCUT2D eigenvalue weighted by molar-refractivity contribution is 9.10. The molecule has 112 valence electrons. The van der Waals surface area contributed by atoms with Gasteiger partial charge >= 0.3 is 6.03 Å². The third-order valence-corrected chi connectivity index (χ3v) is 3.94. The quantitative estimate of drug-likeness (QED) is 0.833. The number of carbonyl (C=O) groups excluding carboxylic acids is 1. The van der Waals surface area contributed by atoms with Gasteiger partial charge in [-0.1, -0.05) is 41.1 Å². The molecule has 5 heteroatoms. The normalized spacial score (nSPS) is 13.7. The van der Waals surface area contributed by atoms with Crippen molar-refractivity contribution in [2.45, 2.75) is 38.8 Å². The predicted molar refractivity (Wildman–Crippen MR) is 84.6 cm³/mol. The van der Waals surface area contributed by atoms with E-state index >= 15 is 0 Å². The summed E-state index contributed by atoms with van der Waals surface area (Å²) in [5.41, 5.74) is 1.08. The van der Waals surface area contributed by atoms with E-state index in [0.29, 0.717) is 13.0 Å². The van der Waals surface area contributed by atoms with E-state index in [0.717, 1.165) is 16.5 Å². The molecule has 2 atom stereocenters. The topological polar surface area (TPSA) is 52.6 Å². The molecule has 0 fully saturated rings. The summed E-state index contributed by atoms with van der Waals surface area (Å²) in [5, 5.41) is 12.3. The summed E-state index contributed by atoms with van der Waals surface area (Å²) in [5.74, 6) is 0. The Kier molecular flexibility index (Phi) is 7.02. The second-order valence-corrected chi connectivity index (χ2v) is 5.85. The van der Waals surface area contributed by atoms with Crippen molar-refractivity contribution in [3.05, 3.63) is 34.3 Å². The van der Waals surface area contributed by atoms with Crippen LogP contribution in [0.25, 0.3) is 0 Å². The lowest BCUT2D eigenvalue weighted by Gasteiger charge is -2.24. The minimum Gasteiger partial charge on any atom is -0.393 e. The predicted octanol–water partition coefficient (Wildman–Crippen LogP) is 3.31. The Morgan fingerprint density at radius 2 is 2.10 bits per heavy atom. The van der Waals surface area contributed by atoms with E-state index in [2.05, 4.69) is 21.2 Å². The van der Waals surface area contributed by atoms with Crippen molar-refractivity contribution in [1.29, 1.82) is 0 Å². The van der Waals surface area contributed by atoms with Crippen molar-refractivity contribution in [1.82, 2.24) is 10.2 Å². The largest absolute Gasteiger partial charge is 0.393 e. The van der Waals surface area contributed by atoms with Crippen LogP contribution in [0, 0.1) is 0 Å². The van der Waals surface area contributed by atoms with E-state index in [9.17, 15) is 9.90 Å². The highest BCUT2D eigenvalue weighted by atomic mass is 79.9. The van der Waals surface area contributed by atoms with E-state index in [1.807, 2.05) is 31.2 Å². The molecular formula is C15H23BrN2O2. The first kappa shape index (κ1) is 17.0. The van der Waals surface area contributed by atoms with Crippen LogP contribution >= 0.6 is 15.9 Å². The van der Waals surface area contributed by atoms with Gasteiger partial charge in [0.2, 0.25) is 0 Å². The molecule has 1 aromatic rings. The molecule has 1 rings (SSSR count). The van der Waals surface area contributed by atoms with Crippen molar-refractivity contribution in [3.63, 3.8) is 0 Å². The van der Waals surface area contributed by atoms with Crippen molar-refractivity contribution in [2.24, 2.45) is 0 Å². The summed E-state index contributed by atoms with van der Waals surface area (Å²) in [4.78, 5) is 13.7. The first-order chi connectivity index (χ1) is 9.45. The number of amides is 2. The molecule has 0 heterocycles. The number of benzene rings is 1. The number of urea groups is 1. The van der Waals surface area contributed by atoms with Crippen LogP contribution < -0.4 is 5.32 Å². The van der Waals surface area contributed by atoms with E-state index in [4.69, 9.17) is 0 Å². The number of carbonyl (C=O) groups is 1. The van der Waals surface area contributed by atoms with Crippen LogP contribution in [0.4, 0.5) is 4.79 Å². The number of halogens is 1. The molecule has 20 heavy (non-hydrogen) atoms. The average molecular weight is 343 g/mol. The fraction of sp³-hybridized carbons (Fsp3) is 0.533.